The molecule has 0 bridgehead atoms. The molecule has 1 fully saturated rings. The van der Waals surface area contributed by atoms with Crippen LogP contribution < -0.4 is 5.32 Å². The summed E-state index contributed by atoms with van der Waals surface area (Å²) in [7, 11) is 3.16. The number of imide groups is 1. The summed E-state index contributed by atoms with van der Waals surface area (Å²) in [5.74, 6) is -0.713. The second-order valence-electron chi connectivity index (χ2n) is 5.10. The van der Waals surface area contributed by atoms with E-state index in [0.29, 0.717) is 5.56 Å². The van der Waals surface area contributed by atoms with Crippen molar-refractivity contribution in [3.63, 3.8) is 0 Å². The van der Waals surface area contributed by atoms with Gasteiger partial charge in [-0.2, -0.15) is 0 Å². The maximum absolute atomic E-state index is 12.5. The highest BCUT2D eigenvalue weighted by atomic mass is 16.2. The number of carbonyl (C=O) groups excluding carboxylic acids is 3. The SMILES string of the molecule is CN(C)C(=O)CN1C(=O)N[C@@](C)(c2ccccc2)C1=O. The molecule has 0 saturated carbocycles. The number of hydrogen-bond acceptors (Lipinski definition) is 3. The molecule has 1 aliphatic rings. The Morgan fingerprint density at radius 3 is 2.40 bits per heavy atom. The fraction of sp³-hybridized carbons (Fsp3) is 0.357. The quantitative estimate of drug-likeness (QED) is 0.819. The van der Waals surface area contributed by atoms with Crippen molar-refractivity contribution < 1.29 is 14.4 Å². The van der Waals surface area contributed by atoms with Gasteiger partial charge in [-0.3, -0.25) is 14.5 Å². The molecule has 6 nitrogen and oxygen atoms in total. The lowest BCUT2D eigenvalue weighted by Crippen LogP contribution is -2.43. The van der Waals surface area contributed by atoms with Gasteiger partial charge >= 0.3 is 6.03 Å². The molecule has 1 aromatic rings. The lowest BCUT2D eigenvalue weighted by Gasteiger charge is -2.22. The van der Waals surface area contributed by atoms with E-state index in [-0.39, 0.29) is 12.5 Å². The van der Waals surface area contributed by atoms with Gasteiger partial charge in [0.15, 0.2) is 0 Å². The largest absolute Gasteiger partial charge is 0.347 e. The predicted molar refractivity (Wildman–Crippen MR) is 72.7 cm³/mol. The first-order valence-electron chi connectivity index (χ1n) is 6.26. The van der Waals surface area contributed by atoms with Gasteiger partial charge in [0.25, 0.3) is 5.91 Å². The van der Waals surface area contributed by atoms with E-state index in [0.717, 1.165) is 4.90 Å². The molecule has 0 spiro atoms. The van der Waals surface area contributed by atoms with Crippen molar-refractivity contribution in [3.05, 3.63) is 35.9 Å². The Balaban J connectivity index is 2.27. The topological polar surface area (TPSA) is 69.7 Å². The number of carbonyl (C=O) groups is 3. The number of benzene rings is 1. The highest BCUT2D eigenvalue weighted by molar-refractivity contribution is 6.09. The average molecular weight is 275 g/mol. The first-order chi connectivity index (χ1) is 9.36. The van der Waals surface area contributed by atoms with Crippen molar-refractivity contribution >= 4 is 17.8 Å². The molecule has 20 heavy (non-hydrogen) atoms. The van der Waals surface area contributed by atoms with Gasteiger partial charge in [-0.25, -0.2) is 4.79 Å². The summed E-state index contributed by atoms with van der Waals surface area (Å²) in [6, 6.07) is 8.43. The number of nitrogens with one attached hydrogen (secondary N) is 1. The maximum atomic E-state index is 12.5. The van der Waals surface area contributed by atoms with Gasteiger partial charge < -0.3 is 10.2 Å². The van der Waals surface area contributed by atoms with Crippen molar-refractivity contribution in [2.75, 3.05) is 20.6 Å². The molecule has 0 radical (unpaired) electrons. The summed E-state index contributed by atoms with van der Waals surface area (Å²) < 4.78 is 0. The summed E-state index contributed by atoms with van der Waals surface area (Å²) in [5, 5.41) is 2.66. The summed E-state index contributed by atoms with van der Waals surface area (Å²) in [6.07, 6.45) is 0. The Bertz CT molecular complexity index is 556. The van der Waals surface area contributed by atoms with Crippen LogP contribution >= 0.6 is 0 Å². The molecule has 0 aromatic heterocycles. The molecule has 0 unspecified atom stereocenters. The van der Waals surface area contributed by atoms with E-state index in [1.54, 1.807) is 45.3 Å². The first-order valence-corrected chi connectivity index (χ1v) is 6.26. The van der Waals surface area contributed by atoms with Crippen molar-refractivity contribution in [1.29, 1.82) is 0 Å². The molecule has 4 amide bonds. The van der Waals surface area contributed by atoms with E-state index in [2.05, 4.69) is 5.32 Å². The molecule has 1 aliphatic heterocycles. The highest BCUT2D eigenvalue weighted by Crippen LogP contribution is 2.28. The maximum Gasteiger partial charge on any atom is 0.325 e. The van der Waals surface area contributed by atoms with Gasteiger partial charge in [-0.05, 0) is 12.5 Å². The Kier molecular flexibility index (Phi) is 3.48. The van der Waals surface area contributed by atoms with E-state index in [1.165, 1.54) is 4.90 Å². The standard InChI is InChI=1S/C14H17N3O3/c1-14(10-7-5-4-6-8-10)12(19)17(13(20)15-14)9-11(18)16(2)3/h4-8H,9H2,1-3H3,(H,15,20)/t14-/m0/s1. The molecule has 1 heterocycles. The lowest BCUT2D eigenvalue weighted by molar-refractivity contribution is -0.137. The zero-order valence-corrected chi connectivity index (χ0v) is 11.7. The van der Waals surface area contributed by atoms with Crippen LogP contribution in [0.5, 0.6) is 0 Å². The monoisotopic (exact) mass is 275 g/mol. The molecule has 2 rings (SSSR count). The molecule has 1 saturated heterocycles. The van der Waals surface area contributed by atoms with Crippen LogP contribution in [0.25, 0.3) is 0 Å². The van der Waals surface area contributed by atoms with E-state index < -0.39 is 17.5 Å². The Labute approximate surface area is 117 Å². The number of hydrogen-bond donors (Lipinski definition) is 1. The van der Waals surface area contributed by atoms with Gasteiger partial charge in [0.05, 0.1) is 0 Å². The summed E-state index contributed by atoms with van der Waals surface area (Å²) in [4.78, 5) is 38.4. The van der Waals surface area contributed by atoms with Gasteiger partial charge in [-0.1, -0.05) is 30.3 Å². The molecule has 1 N–H and O–H groups in total. The summed E-state index contributed by atoms with van der Waals surface area (Å²) >= 11 is 0. The smallest absolute Gasteiger partial charge is 0.325 e. The molecular weight excluding hydrogens is 258 g/mol. The van der Waals surface area contributed by atoms with Gasteiger partial charge in [0, 0.05) is 14.1 Å². The molecule has 6 heteroatoms. The van der Waals surface area contributed by atoms with Crippen molar-refractivity contribution in [3.8, 4) is 0 Å². The van der Waals surface area contributed by atoms with Gasteiger partial charge in [0.1, 0.15) is 12.1 Å². The molecular formula is C14H17N3O3. The molecule has 106 valence electrons. The summed E-state index contributed by atoms with van der Waals surface area (Å²) in [6.45, 7) is 1.39. The first kappa shape index (κ1) is 14.0. The van der Waals surface area contributed by atoms with Crippen LogP contribution in [0.2, 0.25) is 0 Å². The normalized spacial score (nSPS) is 21.9. The number of nitrogens with zero attached hydrogens (tertiary/aromatic N) is 2. The lowest BCUT2D eigenvalue weighted by atomic mass is 9.92. The van der Waals surface area contributed by atoms with Crippen LogP contribution in [0, 0.1) is 0 Å². The fourth-order valence-electron chi connectivity index (χ4n) is 2.08. The van der Waals surface area contributed by atoms with E-state index >= 15 is 0 Å². The van der Waals surface area contributed by atoms with E-state index in [4.69, 9.17) is 0 Å². The second kappa shape index (κ2) is 4.96. The van der Waals surface area contributed by atoms with E-state index in [9.17, 15) is 14.4 Å². The van der Waals surface area contributed by atoms with Gasteiger partial charge in [-0.15, -0.1) is 0 Å². The fourth-order valence-corrected chi connectivity index (χ4v) is 2.08. The van der Waals surface area contributed by atoms with Crippen LogP contribution in [-0.4, -0.2) is 48.3 Å². The third kappa shape index (κ3) is 2.24. The number of likely N-dealkylation sites (N-methyl/N-ethyl adjacent to an activating group) is 1. The van der Waals surface area contributed by atoms with E-state index in [1.807, 2.05) is 6.07 Å². The van der Waals surface area contributed by atoms with Gasteiger partial charge in [0.2, 0.25) is 5.91 Å². The zero-order chi connectivity index (χ0) is 14.9. The van der Waals surface area contributed by atoms with Crippen LogP contribution in [0.3, 0.4) is 0 Å². The third-order valence-corrected chi connectivity index (χ3v) is 3.42. The summed E-state index contributed by atoms with van der Waals surface area (Å²) in [5.41, 5.74) is -0.427. The molecule has 1 aromatic carbocycles. The second-order valence-corrected chi connectivity index (χ2v) is 5.10. The minimum absolute atomic E-state index is 0.250. The number of rotatable bonds is 3. The number of amides is 4. The Morgan fingerprint density at radius 1 is 1.25 bits per heavy atom. The van der Waals surface area contributed by atoms with Crippen LogP contribution in [0.15, 0.2) is 30.3 Å². The van der Waals surface area contributed by atoms with Crippen LogP contribution in [0.1, 0.15) is 12.5 Å². The molecule has 1 atom stereocenters. The minimum atomic E-state index is -1.12. The van der Waals surface area contributed by atoms with Crippen molar-refractivity contribution in [2.45, 2.75) is 12.5 Å². The zero-order valence-electron chi connectivity index (χ0n) is 11.7. The average Bonchev–Trinajstić information content (AvgIpc) is 2.64. The van der Waals surface area contributed by atoms with Crippen molar-refractivity contribution in [1.82, 2.24) is 15.1 Å². The highest BCUT2D eigenvalue weighted by Gasteiger charge is 2.49. The Morgan fingerprint density at radius 2 is 1.85 bits per heavy atom. The van der Waals surface area contributed by atoms with Crippen LogP contribution in [-0.2, 0) is 15.1 Å². The molecule has 0 aliphatic carbocycles. The number of urea groups is 1. The third-order valence-electron chi connectivity index (χ3n) is 3.42. The minimum Gasteiger partial charge on any atom is -0.347 e. The predicted octanol–water partition coefficient (Wildman–Crippen LogP) is 0.542. The van der Waals surface area contributed by atoms with Crippen molar-refractivity contribution in [2.24, 2.45) is 0 Å². The Hall–Kier alpha value is -2.37. The van der Waals surface area contributed by atoms with Crippen LogP contribution in [0.4, 0.5) is 4.79 Å².